The van der Waals surface area contributed by atoms with Gasteiger partial charge in [0.05, 0.1) is 18.1 Å². The van der Waals surface area contributed by atoms with Crippen molar-refractivity contribution in [2.45, 2.75) is 143 Å². The number of allylic oxidation sites excluding steroid dienone is 2. The van der Waals surface area contributed by atoms with E-state index in [-0.39, 0.29) is 39.6 Å². The molecule has 0 bridgehead atoms. The van der Waals surface area contributed by atoms with Crippen LogP contribution < -0.4 is 0 Å². The zero-order valence-electron chi connectivity index (χ0n) is 28.0. The minimum Gasteiger partial charge on any atom is -0.432 e. The standard InChI is InChI=1S/C36H58O8/c1-19-10-15-36(31(42)44-30-29(41)28(40)27(39)22(18-37)43-30)17-16-34(6)21(26(36)20(19)2)8-9-24-33(5)13-12-25(38)32(3,4)23(33)11-14-35(24,34)7/h8,19-20,22-30,37-41H,9-18H2,1-7H3/t19-,20+,22-,23?,24-,25+,26+,27+,28+,29-,30?,33+,34-,35-,36+/m1/s1. The Labute approximate surface area is 263 Å². The van der Waals surface area contributed by atoms with Crippen LogP contribution in [-0.2, 0) is 14.3 Å². The Hall–Kier alpha value is -1.03. The number of fused-ring (bicyclic) bond motifs is 7. The molecule has 0 radical (unpaired) electrons. The number of esters is 1. The minimum absolute atomic E-state index is 0.00434. The molecule has 0 aromatic heterocycles. The van der Waals surface area contributed by atoms with Crippen LogP contribution in [0.5, 0.6) is 0 Å². The molecule has 6 rings (SSSR count). The number of rotatable bonds is 3. The van der Waals surface area contributed by atoms with Gasteiger partial charge in [-0.2, -0.15) is 0 Å². The smallest absolute Gasteiger partial charge is 0.315 e. The van der Waals surface area contributed by atoms with Crippen LogP contribution in [0.15, 0.2) is 11.6 Å². The number of aliphatic hydroxyl groups excluding tert-OH is 5. The lowest BCUT2D eigenvalue weighted by atomic mass is 9.33. The molecule has 2 unspecified atom stereocenters. The summed E-state index contributed by atoms with van der Waals surface area (Å²) in [4.78, 5) is 14.4. The Balaban J connectivity index is 1.36. The van der Waals surface area contributed by atoms with Crippen molar-refractivity contribution in [2.75, 3.05) is 6.61 Å². The summed E-state index contributed by atoms with van der Waals surface area (Å²) in [6, 6.07) is 0. The highest BCUT2D eigenvalue weighted by Gasteiger charge is 2.70. The summed E-state index contributed by atoms with van der Waals surface area (Å²) in [6.45, 7) is 16.1. The van der Waals surface area contributed by atoms with Crippen molar-refractivity contribution in [1.29, 1.82) is 0 Å². The van der Waals surface area contributed by atoms with E-state index in [2.05, 4.69) is 54.5 Å². The van der Waals surface area contributed by atoms with E-state index in [4.69, 9.17) is 9.47 Å². The summed E-state index contributed by atoms with van der Waals surface area (Å²) in [5, 5.41) is 52.0. The summed E-state index contributed by atoms with van der Waals surface area (Å²) in [7, 11) is 0. The summed E-state index contributed by atoms with van der Waals surface area (Å²) >= 11 is 0. The first-order chi connectivity index (χ1) is 20.5. The lowest BCUT2D eigenvalue weighted by molar-refractivity contribution is -0.297. The summed E-state index contributed by atoms with van der Waals surface area (Å²) in [5.74, 6) is 1.26. The quantitative estimate of drug-likeness (QED) is 0.233. The number of ether oxygens (including phenoxy) is 2. The molecule has 1 aliphatic heterocycles. The molecular weight excluding hydrogens is 560 g/mol. The van der Waals surface area contributed by atoms with E-state index < -0.39 is 48.7 Å². The SMILES string of the molecule is C[C@H]1[C@H](C)CC[C@]2(C(=O)OC3O[C@H](CO)[C@H](O)[C@H](O)[C@H]3O)CC[C@]3(C)C(=CC[C@@H]4[C@@]5(C)CC[C@H](O)C(C)(C)C5CC[C@]43C)[C@H]12. The third kappa shape index (κ3) is 4.26. The van der Waals surface area contributed by atoms with Crippen LogP contribution in [0, 0.1) is 56.7 Å². The van der Waals surface area contributed by atoms with Gasteiger partial charge in [-0.25, -0.2) is 0 Å². The fourth-order valence-corrected chi connectivity index (χ4v) is 12.2. The normalized spacial score (nSPS) is 55.0. The Kier molecular flexibility index (Phi) is 8.03. The van der Waals surface area contributed by atoms with Gasteiger partial charge in [-0.15, -0.1) is 0 Å². The van der Waals surface area contributed by atoms with E-state index in [9.17, 15) is 30.3 Å². The Bertz CT molecular complexity index is 1170. The first-order valence-corrected chi connectivity index (χ1v) is 17.4. The van der Waals surface area contributed by atoms with E-state index in [1.54, 1.807) is 0 Å². The van der Waals surface area contributed by atoms with Gasteiger partial charge in [0.1, 0.15) is 24.4 Å². The van der Waals surface area contributed by atoms with Crippen molar-refractivity contribution in [3.63, 3.8) is 0 Å². The van der Waals surface area contributed by atoms with E-state index in [1.165, 1.54) is 5.57 Å². The van der Waals surface area contributed by atoms with Crippen LogP contribution in [-0.4, -0.2) is 74.9 Å². The molecule has 5 fully saturated rings. The van der Waals surface area contributed by atoms with Crippen LogP contribution in [0.3, 0.4) is 0 Å². The monoisotopic (exact) mass is 618 g/mol. The van der Waals surface area contributed by atoms with Gasteiger partial charge < -0.3 is 35.0 Å². The van der Waals surface area contributed by atoms with Gasteiger partial charge in [0.15, 0.2) is 0 Å². The average Bonchev–Trinajstić information content (AvgIpc) is 2.97. The molecule has 8 heteroatoms. The maximum absolute atomic E-state index is 14.4. The largest absolute Gasteiger partial charge is 0.432 e. The predicted octanol–water partition coefficient (Wildman–Crippen LogP) is 4.35. The van der Waals surface area contributed by atoms with Gasteiger partial charge in [0.25, 0.3) is 0 Å². The maximum atomic E-state index is 14.4. The molecule has 44 heavy (non-hydrogen) atoms. The zero-order chi connectivity index (χ0) is 32.2. The van der Waals surface area contributed by atoms with E-state index in [0.717, 1.165) is 44.9 Å². The zero-order valence-corrected chi connectivity index (χ0v) is 28.0. The van der Waals surface area contributed by atoms with Crippen LogP contribution in [0.4, 0.5) is 0 Å². The first kappa shape index (κ1) is 32.9. The molecule has 0 spiro atoms. The highest BCUT2D eigenvalue weighted by Crippen LogP contribution is 2.75. The fraction of sp³-hybridized carbons (Fsp3) is 0.917. The molecule has 15 atom stereocenters. The highest BCUT2D eigenvalue weighted by atomic mass is 16.7. The van der Waals surface area contributed by atoms with Crippen molar-refractivity contribution in [2.24, 2.45) is 56.7 Å². The summed E-state index contributed by atoms with van der Waals surface area (Å²) in [6.07, 6.45) is 3.22. The number of hydrogen-bond donors (Lipinski definition) is 5. The molecule has 4 saturated carbocycles. The molecule has 0 aromatic carbocycles. The lowest BCUT2D eigenvalue weighted by Crippen LogP contribution is -2.66. The fourth-order valence-electron chi connectivity index (χ4n) is 12.2. The van der Waals surface area contributed by atoms with E-state index in [1.807, 2.05) is 0 Å². The Morgan fingerprint density at radius 3 is 2.27 bits per heavy atom. The van der Waals surface area contributed by atoms with Crippen molar-refractivity contribution >= 4 is 5.97 Å². The second-order valence-corrected chi connectivity index (χ2v) is 17.3. The molecule has 0 amide bonds. The van der Waals surface area contributed by atoms with Gasteiger partial charge in [-0.1, -0.05) is 60.1 Å². The summed E-state index contributed by atoms with van der Waals surface area (Å²) < 4.78 is 11.6. The Morgan fingerprint density at radius 1 is 0.886 bits per heavy atom. The number of carbonyl (C=O) groups excluding carboxylic acids is 1. The molecular formula is C36H58O8. The average molecular weight is 619 g/mol. The molecule has 6 aliphatic rings. The van der Waals surface area contributed by atoms with Crippen LogP contribution in [0.25, 0.3) is 0 Å². The lowest BCUT2D eigenvalue weighted by Gasteiger charge is -2.71. The highest BCUT2D eigenvalue weighted by molar-refractivity contribution is 5.79. The third-order valence-electron chi connectivity index (χ3n) is 15.4. The second kappa shape index (κ2) is 10.7. The van der Waals surface area contributed by atoms with E-state index in [0.29, 0.717) is 30.6 Å². The molecule has 5 N–H and O–H groups in total. The van der Waals surface area contributed by atoms with Gasteiger partial charge in [0.2, 0.25) is 6.29 Å². The molecule has 1 heterocycles. The molecule has 1 saturated heterocycles. The van der Waals surface area contributed by atoms with E-state index >= 15 is 0 Å². The number of aliphatic hydroxyl groups is 5. The maximum Gasteiger partial charge on any atom is 0.315 e. The molecule has 0 aromatic rings. The van der Waals surface area contributed by atoms with Crippen LogP contribution >= 0.6 is 0 Å². The number of hydrogen-bond acceptors (Lipinski definition) is 8. The van der Waals surface area contributed by atoms with Crippen molar-refractivity contribution < 1.29 is 39.8 Å². The third-order valence-corrected chi connectivity index (χ3v) is 15.4. The number of carbonyl (C=O) groups is 1. The van der Waals surface area contributed by atoms with Gasteiger partial charge in [-0.05, 0) is 109 Å². The van der Waals surface area contributed by atoms with Gasteiger partial charge >= 0.3 is 5.97 Å². The summed E-state index contributed by atoms with van der Waals surface area (Å²) in [5.41, 5.74) is 0.661. The van der Waals surface area contributed by atoms with Crippen molar-refractivity contribution in [3.8, 4) is 0 Å². The first-order valence-electron chi connectivity index (χ1n) is 17.4. The van der Waals surface area contributed by atoms with Gasteiger partial charge in [0, 0.05) is 0 Å². The van der Waals surface area contributed by atoms with Crippen molar-refractivity contribution in [1.82, 2.24) is 0 Å². The van der Waals surface area contributed by atoms with Crippen LogP contribution in [0.1, 0.15) is 106 Å². The second-order valence-electron chi connectivity index (χ2n) is 17.3. The minimum atomic E-state index is -1.61. The van der Waals surface area contributed by atoms with Gasteiger partial charge in [-0.3, -0.25) is 4.79 Å². The molecule has 5 aliphatic carbocycles. The molecule has 8 nitrogen and oxygen atoms in total. The Morgan fingerprint density at radius 2 is 1.59 bits per heavy atom. The predicted molar refractivity (Wildman–Crippen MR) is 165 cm³/mol. The topological polar surface area (TPSA) is 137 Å². The van der Waals surface area contributed by atoms with Crippen molar-refractivity contribution in [3.05, 3.63) is 11.6 Å². The molecule has 250 valence electrons. The van der Waals surface area contributed by atoms with Crippen LogP contribution in [0.2, 0.25) is 0 Å².